The Morgan fingerprint density at radius 1 is 1.04 bits per heavy atom. The van der Waals surface area contributed by atoms with Crippen LogP contribution in [0.5, 0.6) is 0 Å². The van der Waals surface area contributed by atoms with E-state index in [1.807, 2.05) is 0 Å². The number of hydrogen-bond acceptors (Lipinski definition) is 4. The Hall–Kier alpha value is -1.09. The van der Waals surface area contributed by atoms with E-state index in [1.165, 1.54) is 25.7 Å². The first-order valence-corrected chi connectivity index (χ1v) is 9.50. The van der Waals surface area contributed by atoms with Crippen LogP contribution in [0.1, 0.15) is 38.5 Å². The fraction of sp³-hybridized carbons (Fsp3) is 0.842. The van der Waals surface area contributed by atoms with Crippen LogP contribution in [-0.4, -0.2) is 85.2 Å². The second kappa shape index (κ2) is 8.33. The summed E-state index contributed by atoms with van der Waals surface area (Å²) in [4.78, 5) is 19.9. The zero-order valence-corrected chi connectivity index (χ0v) is 14.8. The van der Waals surface area contributed by atoms with Crippen LogP contribution in [0.25, 0.3) is 0 Å². The molecule has 2 heterocycles. The summed E-state index contributed by atoms with van der Waals surface area (Å²) < 4.78 is 5.51. The maximum atomic E-state index is 12.9. The van der Waals surface area contributed by atoms with E-state index in [4.69, 9.17) is 11.2 Å². The van der Waals surface area contributed by atoms with Crippen molar-refractivity contribution in [1.82, 2.24) is 14.7 Å². The quantitative estimate of drug-likeness (QED) is 0.708. The number of amides is 1. The van der Waals surface area contributed by atoms with Gasteiger partial charge in [0.25, 0.3) is 0 Å². The largest absolute Gasteiger partial charge is 0.379 e. The third-order valence-corrected chi connectivity index (χ3v) is 5.99. The fourth-order valence-corrected chi connectivity index (χ4v) is 4.51. The summed E-state index contributed by atoms with van der Waals surface area (Å²) in [6.45, 7) is 8.14. The Balaban J connectivity index is 1.54. The van der Waals surface area contributed by atoms with Gasteiger partial charge in [0.15, 0.2) is 0 Å². The van der Waals surface area contributed by atoms with Crippen molar-refractivity contribution in [2.75, 3.05) is 59.0 Å². The van der Waals surface area contributed by atoms with Gasteiger partial charge >= 0.3 is 0 Å². The fourth-order valence-electron chi connectivity index (χ4n) is 4.51. The Kier molecular flexibility index (Phi) is 6.15. The molecule has 0 aromatic rings. The van der Waals surface area contributed by atoms with Crippen molar-refractivity contribution in [2.24, 2.45) is 0 Å². The molecule has 0 aromatic heterocycles. The number of morpholine rings is 1. The van der Waals surface area contributed by atoms with Gasteiger partial charge in [0.2, 0.25) is 5.91 Å². The molecule has 1 saturated carbocycles. The number of carbonyl (C=O) groups excluding carboxylic acids is 1. The minimum Gasteiger partial charge on any atom is -0.379 e. The summed E-state index contributed by atoms with van der Waals surface area (Å²) in [7, 11) is 0. The third-order valence-electron chi connectivity index (χ3n) is 5.99. The van der Waals surface area contributed by atoms with E-state index < -0.39 is 0 Å². The monoisotopic (exact) mass is 333 g/mol. The third kappa shape index (κ3) is 4.11. The van der Waals surface area contributed by atoms with E-state index in [-0.39, 0.29) is 5.54 Å². The standard InChI is InChI=1S/C19H31N3O2/c1-2-3-8-20-9-11-21(12-10-20)18(23)17-19(6-4-5-7-19)22-13-15-24-16-14-22/h1H,3-17H2. The zero-order valence-electron chi connectivity index (χ0n) is 14.8. The minimum absolute atomic E-state index is 0.0987. The predicted molar refractivity (Wildman–Crippen MR) is 94.7 cm³/mol. The number of piperazine rings is 1. The average Bonchev–Trinajstić information content (AvgIpc) is 3.11. The molecule has 3 aliphatic rings. The topological polar surface area (TPSA) is 36.0 Å². The molecule has 2 saturated heterocycles. The van der Waals surface area contributed by atoms with Crippen molar-refractivity contribution in [1.29, 1.82) is 0 Å². The van der Waals surface area contributed by atoms with Crippen LogP contribution in [0.2, 0.25) is 0 Å². The molecule has 0 radical (unpaired) electrons. The van der Waals surface area contributed by atoms with Gasteiger partial charge in [0, 0.05) is 64.2 Å². The highest BCUT2D eigenvalue weighted by Gasteiger charge is 2.42. The molecule has 3 fully saturated rings. The lowest BCUT2D eigenvalue weighted by Crippen LogP contribution is -2.56. The first-order chi connectivity index (χ1) is 11.7. The summed E-state index contributed by atoms with van der Waals surface area (Å²) >= 11 is 0. The summed E-state index contributed by atoms with van der Waals surface area (Å²) in [5.74, 6) is 3.05. The first kappa shape index (κ1) is 17.7. The van der Waals surface area contributed by atoms with Gasteiger partial charge in [-0.2, -0.15) is 0 Å². The van der Waals surface area contributed by atoms with Crippen LogP contribution < -0.4 is 0 Å². The zero-order chi connectivity index (χ0) is 16.8. The molecule has 134 valence electrons. The molecule has 3 rings (SSSR count). The van der Waals surface area contributed by atoms with Gasteiger partial charge in [-0.3, -0.25) is 14.6 Å². The van der Waals surface area contributed by atoms with E-state index in [0.717, 1.165) is 65.4 Å². The lowest BCUT2D eigenvalue weighted by atomic mass is 9.89. The van der Waals surface area contributed by atoms with Crippen LogP contribution in [0.15, 0.2) is 0 Å². The molecule has 0 unspecified atom stereocenters. The minimum atomic E-state index is 0.0987. The van der Waals surface area contributed by atoms with Gasteiger partial charge in [-0.15, -0.1) is 12.3 Å². The second-order valence-corrected chi connectivity index (χ2v) is 7.38. The van der Waals surface area contributed by atoms with Crippen LogP contribution in [0, 0.1) is 12.3 Å². The molecule has 5 nitrogen and oxygen atoms in total. The first-order valence-electron chi connectivity index (χ1n) is 9.50. The molecule has 24 heavy (non-hydrogen) atoms. The van der Waals surface area contributed by atoms with Crippen molar-refractivity contribution in [2.45, 2.75) is 44.1 Å². The van der Waals surface area contributed by atoms with Gasteiger partial charge in [0.05, 0.1) is 13.2 Å². The van der Waals surface area contributed by atoms with E-state index >= 15 is 0 Å². The highest BCUT2D eigenvalue weighted by molar-refractivity contribution is 5.77. The van der Waals surface area contributed by atoms with Crippen LogP contribution in [-0.2, 0) is 9.53 Å². The normalized spacial score (nSPS) is 25.5. The summed E-state index contributed by atoms with van der Waals surface area (Å²) in [5, 5.41) is 0. The molecule has 0 spiro atoms. The number of ether oxygens (including phenoxy) is 1. The van der Waals surface area contributed by atoms with Gasteiger partial charge < -0.3 is 9.64 Å². The predicted octanol–water partition coefficient (Wildman–Crippen LogP) is 1.19. The highest BCUT2D eigenvalue weighted by atomic mass is 16.5. The summed E-state index contributed by atoms with van der Waals surface area (Å²) in [6.07, 6.45) is 11.7. The molecule has 0 atom stereocenters. The SMILES string of the molecule is C#CCCN1CCN(C(=O)CC2(N3CCOCC3)CCCC2)CC1. The van der Waals surface area contributed by atoms with Crippen molar-refractivity contribution in [3.63, 3.8) is 0 Å². The highest BCUT2D eigenvalue weighted by Crippen LogP contribution is 2.39. The van der Waals surface area contributed by atoms with Crippen LogP contribution in [0.3, 0.4) is 0 Å². The molecule has 1 amide bonds. The number of terminal acetylenes is 1. The van der Waals surface area contributed by atoms with Gasteiger partial charge in [-0.05, 0) is 12.8 Å². The number of carbonyl (C=O) groups is 1. The van der Waals surface area contributed by atoms with Gasteiger partial charge in [-0.25, -0.2) is 0 Å². The van der Waals surface area contributed by atoms with Crippen molar-refractivity contribution >= 4 is 5.91 Å². The van der Waals surface area contributed by atoms with E-state index in [1.54, 1.807) is 0 Å². The summed E-state index contributed by atoms with van der Waals surface area (Å²) in [6, 6.07) is 0. The second-order valence-electron chi connectivity index (χ2n) is 7.38. The van der Waals surface area contributed by atoms with E-state index in [0.29, 0.717) is 12.3 Å². The molecule has 0 aromatic carbocycles. The smallest absolute Gasteiger partial charge is 0.224 e. The maximum Gasteiger partial charge on any atom is 0.224 e. The Labute approximate surface area is 146 Å². The average molecular weight is 333 g/mol. The van der Waals surface area contributed by atoms with Crippen LogP contribution >= 0.6 is 0 Å². The molecule has 2 aliphatic heterocycles. The molecule has 0 N–H and O–H groups in total. The molecular formula is C19H31N3O2. The number of hydrogen-bond donors (Lipinski definition) is 0. The van der Waals surface area contributed by atoms with Crippen molar-refractivity contribution in [3.8, 4) is 12.3 Å². The van der Waals surface area contributed by atoms with Gasteiger partial charge in [0.1, 0.15) is 0 Å². The number of nitrogens with zero attached hydrogens (tertiary/aromatic N) is 3. The van der Waals surface area contributed by atoms with Gasteiger partial charge in [-0.1, -0.05) is 12.8 Å². The van der Waals surface area contributed by atoms with E-state index in [9.17, 15) is 4.79 Å². The lowest BCUT2D eigenvalue weighted by Gasteiger charge is -2.44. The Morgan fingerprint density at radius 3 is 2.33 bits per heavy atom. The number of rotatable bonds is 5. The Bertz CT molecular complexity index is 454. The molecule has 1 aliphatic carbocycles. The Morgan fingerprint density at radius 2 is 1.71 bits per heavy atom. The molecular weight excluding hydrogens is 302 g/mol. The molecule has 0 bridgehead atoms. The van der Waals surface area contributed by atoms with E-state index in [2.05, 4.69) is 20.6 Å². The van der Waals surface area contributed by atoms with Crippen molar-refractivity contribution < 1.29 is 9.53 Å². The summed E-state index contributed by atoms with van der Waals surface area (Å²) in [5.41, 5.74) is 0.0987. The van der Waals surface area contributed by atoms with Crippen LogP contribution in [0.4, 0.5) is 0 Å². The maximum absolute atomic E-state index is 12.9. The lowest BCUT2D eigenvalue weighted by molar-refractivity contribution is -0.137. The van der Waals surface area contributed by atoms with Crippen molar-refractivity contribution in [3.05, 3.63) is 0 Å². The molecule has 5 heteroatoms.